The quantitative estimate of drug-likeness (QED) is 0.626. The summed E-state index contributed by atoms with van der Waals surface area (Å²) in [6.45, 7) is 6.05. The highest BCUT2D eigenvalue weighted by Crippen LogP contribution is 2.33. The summed E-state index contributed by atoms with van der Waals surface area (Å²) in [7, 11) is 4.02. The first kappa shape index (κ1) is 23.4. The summed E-state index contributed by atoms with van der Waals surface area (Å²) in [4.78, 5) is 33.0. The molecule has 166 valence electrons. The zero-order chi connectivity index (χ0) is 22.4. The van der Waals surface area contributed by atoms with Gasteiger partial charge in [0.15, 0.2) is 0 Å². The van der Waals surface area contributed by atoms with E-state index in [0.29, 0.717) is 24.4 Å². The minimum Gasteiger partial charge on any atom is -0.335 e. The number of aryl methyl sites for hydroxylation is 1. The van der Waals surface area contributed by atoms with E-state index in [-0.39, 0.29) is 17.2 Å². The van der Waals surface area contributed by atoms with Crippen LogP contribution in [0.3, 0.4) is 0 Å². The van der Waals surface area contributed by atoms with Crippen LogP contribution in [-0.2, 0) is 11.3 Å². The molecular formula is C25H33N3O2S. The number of benzene rings is 2. The van der Waals surface area contributed by atoms with Gasteiger partial charge in [0.1, 0.15) is 6.04 Å². The molecule has 3 rings (SSSR count). The molecule has 31 heavy (non-hydrogen) atoms. The molecule has 0 spiro atoms. The standard InChI is InChI=1S/C25H33N3O2S/c1-5-23-28(24(29)21-13-11-19(2)12-14-21)22(18-31-23)25(30)27(16-15-26(3)4)17-20-9-7-6-8-10-20/h6-14,22-23H,5,15-18H2,1-4H3. The Bertz CT molecular complexity index is 870. The summed E-state index contributed by atoms with van der Waals surface area (Å²) in [6, 6.07) is 17.3. The molecule has 1 saturated heterocycles. The van der Waals surface area contributed by atoms with Gasteiger partial charge in [-0.25, -0.2) is 0 Å². The fraction of sp³-hybridized carbons (Fsp3) is 0.440. The molecule has 0 N–H and O–H groups in total. The molecule has 1 heterocycles. The molecule has 2 atom stereocenters. The second kappa shape index (κ2) is 10.8. The summed E-state index contributed by atoms with van der Waals surface area (Å²) in [5.41, 5.74) is 2.86. The molecule has 0 saturated carbocycles. The molecule has 0 aliphatic carbocycles. The number of hydrogen-bond donors (Lipinski definition) is 0. The van der Waals surface area contributed by atoms with E-state index in [1.54, 1.807) is 11.8 Å². The van der Waals surface area contributed by atoms with Gasteiger partial charge in [-0.05, 0) is 45.1 Å². The number of thioether (sulfide) groups is 1. The van der Waals surface area contributed by atoms with E-state index in [1.165, 1.54) is 0 Å². The molecule has 1 fully saturated rings. The molecule has 6 heteroatoms. The van der Waals surface area contributed by atoms with E-state index in [4.69, 9.17) is 0 Å². The van der Waals surface area contributed by atoms with Crippen LogP contribution in [0.4, 0.5) is 0 Å². The third kappa shape index (κ3) is 5.89. The van der Waals surface area contributed by atoms with Crippen molar-refractivity contribution in [2.45, 2.75) is 38.2 Å². The molecule has 1 aliphatic rings. The summed E-state index contributed by atoms with van der Waals surface area (Å²) in [5.74, 6) is 0.624. The molecule has 2 unspecified atom stereocenters. The highest BCUT2D eigenvalue weighted by atomic mass is 32.2. The number of amides is 2. The second-order valence-electron chi connectivity index (χ2n) is 8.34. The Hall–Kier alpha value is -2.31. The van der Waals surface area contributed by atoms with E-state index in [1.807, 2.05) is 85.4 Å². The normalized spacial score (nSPS) is 18.4. The highest BCUT2D eigenvalue weighted by molar-refractivity contribution is 8.00. The van der Waals surface area contributed by atoms with Crippen molar-refractivity contribution in [3.8, 4) is 0 Å². The van der Waals surface area contributed by atoms with Gasteiger partial charge in [0.2, 0.25) is 5.91 Å². The number of hydrogen-bond acceptors (Lipinski definition) is 4. The lowest BCUT2D eigenvalue weighted by molar-refractivity contribution is -0.136. The van der Waals surface area contributed by atoms with Gasteiger partial charge in [0.05, 0.1) is 5.37 Å². The molecule has 2 aromatic rings. The number of likely N-dealkylation sites (N-methyl/N-ethyl adjacent to an activating group) is 1. The first-order valence-corrected chi connectivity index (χ1v) is 11.9. The largest absolute Gasteiger partial charge is 0.335 e. The minimum atomic E-state index is -0.436. The van der Waals surface area contributed by atoms with Crippen LogP contribution >= 0.6 is 11.8 Å². The maximum atomic E-state index is 13.7. The smallest absolute Gasteiger partial charge is 0.255 e. The predicted octanol–water partition coefficient (Wildman–Crippen LogP) is 3.88. The van der Waals surface area contributed by atoms with Gasteiger partial charge >= 0.3 is 0 Å². The third-order valence-corrected chi connectivity index (χ3v) is 7.06. The second-order valence-corrected chi connectivity index (χ2v) is 9.55. The Balaban J connectivity index is 1.85. The molecule has 2 aromatic carbocycles. The van der Waals surface area contributed by atoms with Crippen molar-refractivity contribution >= 4 is 23.6 Å². The van der Waals surface area contributed by atoms with E-state index in [9.17, 15) is 9.59 Å². The number of rotatable bonds is 8. The average Bonchev–Trinajstić information content (AvgIpc) is 3.21. The Labute approximate surface area is 190 Å². The van der Waals surface area contributed by atoms with Gasteiger partial charge in [0.25, 0.3) is 5.91 Å². The van der Waals surface area contributed by atoms with E-state index in [0.717, 1.165) is 24.1 Å². The van der Waals surface area contributed by atoms with Crippen LogP contribution in [0.1, 0.15) is 34.8 Å². The maximum Gasteiger partial charge on any atom is 0.255 e. The van der Waals surface area contributed by atoms with Crippen molar-refractivity contribution in [2.75, 3.05) is 32.9 Å². The van der Waals surface area contributed by atoms with E-state index in [2.05, 4.69) is 11.8 Å². The number of nitrogens with zero attached hydrogens (tertiary/aromatic N) is 3. The Morgan fingerprint density at radius 2 is 1.71 bits per heavy atom. The predicted molar refractivity (Wildman–Crippen MR) is 128 cm³/mol. The van der Waals surface area contributed by atoms with Crippen LogP contribution in [0.25, 0.3) is 0 Å². The van der Waals surface area contributed by atoms with Crippen molar-refractivity contribution in [1.29, 1.82) is 0 Å². The van der Waals surface area contributed by atoms with Gasteiger partial charge in [-0.15, -0.1) is 11.8 Å². The van der Waals surface area contributed by atoms with Crippen molar-refractivity contribution in [3.05, 3.63) is 71.3 Å². The summed E-state index contributed by atoms with van der Waals surface area (Å²) >= 11 is 1.71. The summed E-state index contributed by atoms with van der Waals surface area (Å²) in [5, 5.41) is 0.0233. The van der Waals surface area contributed by atoms with Crippen molar-refractivity contribution < 1.29 is 9.59 Å². The topological polar surface area (TPSA) is 43.9 Å². The zero-order valence-corrected chi connectivity index (χ0v) is 19.8. The SMILES string of the molecule is CCC1SCC(C(=O)N(CCN(C)C)Cc2ccccc2)N1C(=O)c1ccc(C)cc1. The summed E-state index contributed by atoms with van der Waals surface area (Å²) < 4.78 is 0. The molecule has 0 radical (unpaired) electrons. The van der Waals surface area contributed by atoms with Gasteiger partial charge in [0, 0.05) is 31.0 Å². The highest BCUT2D eigenvalue weighted by Gasteiger charge is 2.42. The Morgan fingerprint density at radius 3 is 2.32 bits per heavy atom. The van der Waals surface area contributed by atoms with Gasteiger partial charge in [-0.2, -0.15) is 0 Å². The zero-order valence-electron chi connectivity index (χ0n) is 19.0. The molecule has 0 bridgehead atoms. The van der Waals surface area contributed by atoms with Crippen LogP contribution in [0.15, 0.2) is 54.6 Å². The fourth-order valence-electron chi connectivity index (χ4n) is 3.79. The Kier molecular flexibility index (Phi) is 8.15. The van der Waals surface area contributed by atoms with Gasteiger partial charge in [-0.1, -0.05) is 55.0 Å². The Morgan fingerprint density at radius 1 is 1.03 bits per heavy atom. The van der Waals surface area contributed by atoms with E-state index < -0.39 is 6.04 Å². The monoisotopic (exact) mass is 439 g/mol. The third-order valence-electron chi connectivity index (χ3n) is 5.60. The first-order valence-electron chi connectivity index (χ1n) is 10.9. The number of carbonyl (C=O) groups excluding carboxylic acids is 2. The molecule has 5 nitrogen and oxygen atoms in total. The summed E-state index contributed by atoms with van der Waals surface area (Å²) in [6.07, 6.45) is 0.822. The number of carbonyl (C=O) groups is 2. The van der Waals surface area contributed by atoms with Crippen molar-refractivity contribution in [3.63, 3.8) is 0 Å². The molecule has 1 aliphatic heterocycles. The van der Waals surface area contributed by atoms with Crippen molar-refractivity contribution in [2.24, 2.45) is 0 Å². The van der Waals surface area contributed by atoms with E-state index >= 15 is 0 Å². The van der Waals surface area contributed by atoms with Crippen LogP contribution in [0.5, 0.6) is 0 Å². The van der Waals surface area contributed by atoms with Gasteiger partial charge < -0.3 is 14.7 Å². The van der Waals surface area contributed by atoms with Crippen LogP contribution in [0, 0.1) is 6.92 Å². The first-order chi connectivity index (χ1) is 14.9. The molecular weight excluding hydrogens is 406 g/mol. The average molecular weight is 440 g/mol. The molecule has 2 amide bonds. The maximum absolute atomic E-state index is 13.7. The van der Waals surface area contributed by atoms with Crippen LogP contribution in [0.2, 0.25) is 0 Å². The van der Waals surface area contributed by atoms with Crippen LogP contribution < -0.4 is 0 Å². The van der Waals surface area contributed by atoms with Crippen molar-refractivity contribution in [1.82, 2.24) is 14.7 Å². The lowest BCUT2D eigenvalue weighted by Gasteiger charge is -2.33. The van der Waals surface area contributed by atoms with Gasteiger partial charge in [-0.3, -0.25) is 9.59 Å². The van der Waals surface area contributed by atoms with Crippen LogP contribution in [-0.4, -0.2) is 70.9 Å². The lowest BCUT2D eigenvalue weighted by atomic mass is 10.1. The fourth-order valence-corrected chi connectivity index (χ4v) is 5.13. The molecule has 0 aromatic heterocycles. The lowest BCUT2D eigenvalue weighted by Crippen LogP contribution is -2.51. The minimum absolute atomic E-state index is 0.0233.